The number of aromatic nitrogens is 1. The van der Waals surface area contributed by atoms with Crippen LogP contribution in [0.25, 0.3) is 21.2 Å². The summed E-state index contributed by atoms with van der Waals surface area (Å²) in [5, 5.41) is 0.669. The number of hydrogen-bond donors (Lipinski definition) is 0. The van der Waals surface area contributed by atoms with Crippen LogP contribution in [0.4, 0.5) is 15.2 Å². The smallest absolute Gasteiger partial charge is 0.297 e. The molecular weight excluding hydrogens is 529 g/mol. The Morgan fingerprint density at radius 1 is 1.08 bits per heavy atom. The Bertz CT molecular complexity index is 1920. The van der Waals surface area contributed by atoms with Crippen LogP contribution in [0.15, 0.2) is 69.9 Å². The Kier molecular flexibility index (Phi) is 4.83. The predicted octanol–water partition coefficient (Wildman–Crippen LogP) is 5.86. The van der Waals surface area contributed by atoms with Gasteiger partial charge in [-0.25, -0.2) is 9.37 Å². The molecule has 2 aliphatic rings. The third-order valence-electron chi connectivity index (χ3n) is 7.06. The molecule has 1 atom stereocenters. The number of rotatable bonds is 3. The highest BCUT2D eigenvalue weighted by Crippen LogP contribution is 2.54. The average Bonchev–Trinajstić information content (AvgIpc) is 3.51. The van der Waals surface area contributed by atoms with Crippen LogP contribution in [0.1, 0.15) is 35.0 Å². The summed E-state index contributed by atoms with van der Waals surface area (Å²) in [5.41, 5.74) is -0.934. The van der Waals surface area contributed by atoms with E-state index >= 15 is 0 Å². The van der Waals surface area contributed by atoms with Crippen molar-refractivity contribution < 1.29 is 18.4 Å². The first-order valence-electron chi connectivity index (χ1n) is 11.9. The Balaban J connectivity index is 1.62. The lowest BCUT2D eigenvalue weighted by molar-refractivity contribution is -0.121. The molecule has 1 unspecified atom stereocenters. The predicted molar refractivity (Wildman–Crippen MR) is 144 cm³/mol. The standard InChI is InChI=1S/C28H17ClFN3O4S/c1-2-11-32-19-6-4-3-5-17(19)28(26(32)36)22-23(34)16-13-15(30)8-10-20(16)37-24(22)25(35)33(28)27-31-18-9-7-14(29)12-21(18)38-27/h3-10,12-13H,2,11H2,1H3. The van der Waals surface area contributed by atoms with E-state index in [1.165, 1.54) is 22.3 Å². The molecule has 2 aromatic heterocycles. The monoisotopic (exact) mass is 545 g/mol. The molecule has 10 heteroatoms. The number of amides is 2. The molecule has 4 heterocycles. The minimum atomic E-state index is -1.86. The summed E-state index contributed by atoms with van der Waals surface area (Å²) in [6.45, 7) is 2.31. The molecule has 1 spiro atoms. The molecule has 7 rings (SSSR count). The van der Waals surface area contributed by atoms with E-state index in [1.807, 2.05) is 6.92 Å². The van der Waals surface area contributed by atoms with Crippen LogP contribution in [-0.4, -0.2) is 23.3 Å². The topological polar surface area (TPSA) is 83.7 Å². The van der Waals surface area contributed by atoms with Crippen molar-refractivity contribution >= 4 is 66.8 Å². The minimum Gasteiger partial charge on any atom is -0.450 e. The second kappa shape index (κ2) is 7.96. The van der Waals surface area contributed by atoms with Gasteiger partial charge >= 0.3 is 0 Å². The van der Waals surface area contributed by atoms with Crippen LogP contribution in [-0.2, 0) is 10.3 Å². The molecule has 0 saturated heterocycles. The number of anilines is 2. The van der Waals surface area contributed by atoms with Crippen molar-refractivity contribution in [1.82, 2.24) is 4.98 Å². The largest absolute Gasteiger partial charge is 0.450 e. The number of carbonyl (C=O) groups excluding carboxylic acids is 2. The van der Waals surface area contributed by atoms with Crippen molar-refractivity contribution in [3.63, 3.8) is 0 Å². The van der Waals surface area contributed by atoms with E-state index in [9.17, 15) is 18.8 Å². The number of benzene rings is 3. The van der Waals surface area contributed by atoms with Crippen LogP contribution in [0.5, 0.6) is 0 Å². The van der Waals surface area contributed by atoms with Gasteiger partial charge in [0.25, 0.3) is 11.8 Å². The summed E-state index contributed by atoms with van der Waals surface area (Å²) < 4.78 is 20.9. The van der Waals surface area contributed by atoms with Crippen molar-refractivity contribution in [2.45, 2.75) is 18.9 Å². The molecule has 0 bridgehead atoms. The number of fused-ring (bicyclic) bond motifs is 6. The van der Waals surface area contributed by atoms with Crippen molar-refractivity contribution in [3.05, 3.63) is 98.6 Å². The maximum Gasteiger partial charge on any atom is 0.297 e. The molecular formula is C28H17ClFN3O4S. The zero-order valence-electron chi connectivity index (χ0n) is 19.8. The van der Waals surface area contributed by atoms with E-state index in [4.69, 9.17) is 16.0 Å². The average molecular weight is 546 g/mol. The van der Waals surface area contributed by atoms with Crippen molar-refractivity contribution in [2.24, 2.45) is 0 Å². The second-order valence-corrected chi connectivity index (χ2v) is 10.7. The SMILES string of the molecule is CCCN1C(=O)C2(c3ccccc31)c1c(oc3ccc(F)cc3c1=O)C(=O)N2c1nc2ccc(Cl)cc2s1. The van der Waals surface area contributed by atoms with Gasteiger partial charge in [-0.1, -0.05) is 48.1 Å². The molecule has 5 aromatic rings. The third-order valence-corrected chi connectivity index (χ3v) is 8.30. The molecule has 2 amide bonds. The molecule has 7 nitrogen and oxygen atoms in total. The van der Waals surface area contributed by atoms with E-state index in [1.54, 1.807) is 47.4 Å². The minimum absolute atomic E-state index is 0.0481. The number of carbonyl (C=O) groups is 2. The first-order valence-corrected chi connectivity index (χ1v) is 13.1. The molecule has 0 N–H and O–H groups in total. The van der Waals surface area contributed by atoms with E-state index in [-0.39, 0.29) is 27.4 Å². The maximum absolute atomic E-state index is 14.5. The van der Waals surface area contributed by atoms with Crippen molar-refractivity contribution in [1.29, 1.82) is 0 Å². The lowest BCUT2D eigenvalue weighted by atomic mass is 9.84. The summed E-state index contributed by atoms with van der Waals surface area (Å²) in [5.74, 6) is -2.02. The number of thiazole rings is 1. The fourth-order valence-electron chi connectivity index (χ4n) is 5.56. The van der Waals surface area contributed by atoms with Gasteiger partial charge in [0.2, 0.25) is 5.76 Å². The molecule has 38 heavy (non-hydrogen) atoms. The fourth-order valence-corrected chi connectivity index (χ4v) is 6.86. The van der Waals surface area contributed by atoms with Crippen LogP contribution >= 0.6 is 22.9 Å². The summed E-state index contributed by atoms with van der Waals surface area (Å²) in [6, 6.07) is 15.8. The number of hydrogen-bond acceptors (Lipinski definition) is 6. The van der Waals surface area contributed by atoms with Crippen LogP contribution in [0, 0.1) is 5.82 Å². The molecule has 0 saturated carbocycles. The highest BCUT2D eigenvalue weighted by Gasteiger charge is 2.66. The van der Waals surface area contributed by atoms with Gasteiger partial charge in [0.15, 0.2) is 16.1 Å². The Labute approximate surface area is 223 Å². The van der Waals surface area contributed by atoms with Gasteiger partial charge < -0.3 is 9.32 Å². The number of halogens is 2. The van der Waals surface area contributed by atoms with E-state index < -0.39 is 28.6 Å². The molecule has 0 aliphatic carbocycles. The maximum atomic E-state index is 14.5. The van der Waals surface area contributed by atoms with Gasteiger partial charge in [0.1, 0.15) is 11.4 Å². The van der Waals surface area contributed by atoms with Crippen LogP contribution in [0.2, 0.25) is 5.02 Å². The summed E-state index contributed by atoms with van der Waals surface area (Å²) in [7, 11) is 0. The molecule has 0 fully saturated rings. The first kappa shape index (κ1) is 23.1. The van der Waals surface area contributed by atoms with E-state index in [0.717, 1.165) is 12.1 Å². The highest BCUT2D eigenvalue weighted by atomic mass is 35.5. The first-order chi connectivity index (χ1) is 18.4. The Morgan fingerprint density at radius 2 is 1.89 bits per heavy atom. The number of nitrogens with zero attached hydrogens (tertiary/aromatic N) is 3. The lowest BCUT2D eigenvalue weighted by Crippen LogP contribution is -2.53. The van der Waals surface area contributed by atoms with Gasteiger partial charge in [-0.3, -0.25) is 19.3 Å². The fraction of sp³-hybridized carbons (Fsp3) is 0.143. The zero-order chi connectivity index (χ0) is 26.3. The quantitative estimate of drug-likeness (QED) is 0.284. The van der Waals surface area contributed by atoms with Gasteiger partial charge in [-0.05, 0) is 48.9 Å². The Hall–Kier alpha value is -4.08. The van der Waals surface area contributed by atoms with Gasteiger partial charge in [-0.2, -0.15) is 0 Å². The van der Waals surface area contributed by atoms with Crippen LogP contribution < -0.4 is 15.2 Å². The molecule has 3 aromatic carbocycles. The summed E-state index contributed by atoms with van der Waals surface area (Å²) >= 11 is 7.38. The van der Waals surface area contributed by atoms with Gasteiger partial charge in [0.05, 0.1) is 26.9 Å². The molecule has 188 valence electrons. The molecule has 0 radical (unpaired) electrons. The lowest BCUT2D eigenvalue weighted by Gasteiger charge is -2.32. The van der Waals surface area contributed by atoms with E-state index in [0.29, 0.717) is 39.5 Å². The number of para-hydroxylation sites is 1. The van der Waals surface area contributed by atoms with E-state index in [2.05, 4.69) is 4.98 Å². The zero-order valence-corrected chi connectivity index (χ0v) is 21.4. The Morgan fingerprint density at radius 3 is 2.71 bits per heavy atom. The second-order valence-electron chi connectivity index (χ2n) is 9.21. The highest BCUT2D eigenvalue weighted by molar-refractivity contribution is 7.22. The summed E-state index contributed by atoms with van der Waals surface area (Å²) in [6.07, 6.45) is 0.647. The van der Waals surface area contributed by atoms with Gasteiger partial charge in [0, 0.05) is 17.1 Å². The summed E-state index contributed by atoms with van der Waals surface area (Å²) in [4.78, 5) is 50.3. The van der Waals surface area contributed by atoms with Gasteiger partial charge in [-0.15, -0.1) is 0 Å². The third kappa shape index (κ3) is 2.83. The van der Waals surface area contributed by atoms with Crippen LogP contribution in [0.3, 0.4) is 0 Å². The normalized spacial score (nSPS) is 18.3. The molecule has 2 aliphatic heterocycles. The van der Waals surface area contributed by atoms with Crippen molar-refractivity contribution in [2.75, 3.05) is 16.3 Å². The van der Waals surface area contributed by atoms with Crippen molar-refractivity contribution in [3.8, 4) is 0 Å².